The number of hydrogen-bond acceptors (Lipinski definition) is 5. The van der Waals surface area contributed by atoms with Crippen molar-refractivity contribution in [1.29, 1.82) is 0 Å². The van der Waals surface area contributed by atoms with Crippen LogP contribution in [0.5, 0.6) is 0 Å². The molecule has 0 aliphatic carbocycles. The summed E-state index contributed by atoms with van der Waals surface area (Å²) in [6.07, 6.45) is 4.07. The van der Waals surface area contributed by atoms with Crippen LogP contribution >= 0.6 is 0 Å². The molecular formula is C18H14F2N4O2. The molecule has 26 heavy (non-hydrogen) atoms. The number of halogens is 2. The van der Waals surface area contributed by atoms with Crippen LogP contribution < -0.4 is 0 Å². The number of aromatic nitrogens is 3. The molecule has 1 aliphatic rings. The molecule has 132 valence electrons. The van der Waals surface area contributed by atoms with Gasteiger partial charge < -0.3 is 9.42 Å². The van der Waals surface area contributed by atoms with Crippen LogP contribution in [0, 0.1) is 11.6 Å². The van der Waals surface area contributed by atoms with Gasteiger partial charge in [0.1, 0.15) is 17.7 Å². The fourth-order valence-corrected chi connectivity index (χ4v) is 3.07. The van der Waals surface area contributed by atoms with E-state index in [4.69, 9.17) is 4.52 Å². The number of amides is 1. The first-order chi connectivity index (χ1) is 12.6. The first kappa shape index (κ1) is 16.3. The lowest BCUT2D eigenvalue weighted by Crippen LogP contribution is -2.27. The van der Waals surface area contributed by atoms with Crippen LogP contribution in [0.3, 0.4) is 0 Å². The summed E-state index contributed by atoms with van der Waals surface area (Å²) in [5.74, 6) is -0.809. The molecule has 8 heteroatoms. The number of carbonyl (C=O) groups is 1. The van der Waals surface area contributed by atoms with E-state index in [9.17, 15) is 13.6 Å². The molecule has 0 radical (unpaired) electrons. The Morgan fingerprint density at radius 2 is 2.04 bits per heavy atom. The molecule has 1 unspecified atom stereocenters. The minimum Gasteiger partial charge on any atom is -0.337 e. The third-order valence-electron chi connectivity index (χ3n) is 4.25. The summed E-state index contributed by atoms with van der Waals surface area (Å²) in [6.45, 7) is 0.0722. The Kier molecular flexibility index (Phi) is 4.16. The van der Waals surface area contributed by atoms with Gasteiger partial charge in [-0.15, -0.1) is 0 Å². The minimum atomic E-state index is -0.681. The van der Waals surface area contributed by atoms with Crippen molar-refractivity contribution in [2.24, 2.45) is 0 Å². The Morgan fingerprint density at radius 1 is 1.23 bits per heavy atom. The molecule has 1 aromatic carbocycles. The number of benzene rings is 1. The van der Waals surface area contributed by atoms with Gasteiger partial charge in [-0.1, -0.05) is 5.16 Å². The third-order valence-corrected chi connectivity index (χ3v) is 4.25. The van der Waals surface area contributed by atoms with Gasteiger partial charge in [-0.3, -0.25) is 9.78 Å². The largest absolute Gasteiger partial charge is 0.337 e. The van der Waals surface area contributed by atoms with Crippen molar-refractivity contribution in [1.82, 2.24) is 20.0 Å². The van der Waals surface area contributed by atoms with E-state index in [1.165, 1.54) is 17.0 Å². The second kappa shape index (κ2) is 6.62. The fourth-order valence-electron chi connectivity index (χ4n) is 3.07. The summed E-state index contributed by atoms with van der Waals surface area (Å²) in [5.41, 5.74) is 1.07. The summed E-state index contributed by atoms with van der Waals surface area (Å²) >= 11 is 0. The smallest absolute Gasteiger partial charge is 0.249 e. The Hall–Kier alpha value is -3.16. The molecule has 0 saturated carbocycles. The zero-order valence-corrected chi connectivity index (χ0v) is 13.6. The molecule has 0 N–H and O–H groups in total. The van der Waals surface area contributed by atoms with Crippen LogP contribution in [-0.4, -0.2) is 25.9 Å². The highest BCUT2D eigenvalue weighted by Crippen LogP contribution is 2.34. The Morgan fingerprint density at radius 3 is 2.77 bits per heavy atom. The lowest BCUT2D eigenvalue weighted by molar-refractivity contribution is -0.130. The van der Waals surface area contributed by atoms with Crippen molar-refractivity contribution in [3.63, 3.8) is 0 Å². The number of hydrogen-bond donors (Lipinski definition) is 0. The lowest BCUT2D eigenvalue weighted by Gasteiger charge is -2.22. The van der Waals surface area contributed by atoms with Gasteiger partial charge in [0.2, 0.25) is 17.6 Å². The maximum Gasteiger partial charge on any atom is 0.249 e. The molecule has 6 nitrogen and oxygen atoms in total. The number of rotatable bonds is 4. The minimum absolute atomic E-state index is 0.0722. The predicted molar refractivity (Wildman–Crippen MR) is 86.4 cm³/mol. The van der Waals surface area contributed by atoms with Crippen LogP contribution in [0.1, 0.15) is 30.3 Å². The van der Waals surface area contributed by atoms with Crippen molar-refractivity contribution < 1.29 is 18.1 Å². The topological polar surface area (TPSA) is 72.1 Å². The van der Waals surface area contributed by atoms with Gasteiger partial charge in [-0.2, -0.15) is 4.98 Å². The van der Waals surface area contributed by atoms with Crippen molar-refractivity contribution in [2.45, 2.75) is 25.4 Å². The van der Waals surface area contributed by atoms with Crippen LogP contribution in [0.25, 0.3) is 11.4 Å². The average Bonchev–Trinajstić information content (AvgIpc) is 3.23. The lowest BCUT2D eigenvalue weighted by atomic mass is 10.1. The molecule has 1 atom stereocenters. The van der Waals surface area contributed by atoms with Crippen LogP contribution in [0.4, 0.5) is 8.78 Å². The Labute approximate surface area is 147 Å². The van der Waals surface area contributed by atoms with E-state index in [1.54, 1.807) is 24.5 Å². The first-order valence-electron chi connectivity index (χ1n) is 8.08. The third kappa shape index (κ3) is 3.17. The van der Waals surface area contributed by atoms with E-state index < -0.39 is 17.7 Å². The molecule has 1 aliphatic heterocycles. The van der Waals surface area contributed by atoms with E-state index in [-0.39, 0.29) is 12.5 Å². The second-order valence-corrected chi connectivity index (χ2v) is 6.05. The quantitative estimate of drug-likeness (QED) is 0.717. The fraction of sp³-hybridized carbons (Fsp3) is 0.222. The van der Waals surface area contributed by atoms with Gasteiger partial charge in [0, 0.05) is 37.0 Å². The summed E-state index contributed by atoms with van der Waals surface area (Å²) < 4.78 is 32.2. The number of likely N-dealkylation sites (tertiary alicyclic amines) is 1. The van der Waals surface area contributed by atoms with E-state index >= 15 is 0 Å². The summed E-state index contributed by atoms with van der Waals surface area (Å²) in [4.78, 5) is 22.1. The standard InChI is InChI=1S/C18H14F2N4O2/c19-13-6-11(7-14(20)8-13)10-24-15(3-4-16(24)25)18-22-17(23-26-18)12-2-1-5-21-9-12/h1-2,5-9,15H,3-4,10H2. The zero-order valence-electron chi connectivity index (χ0n) is 13.6. The van der Waals surface area contributed by atoms with E-state index in [0.29, 0.717) is 35.7 Å². The molecule has 2 aromatic heterocycles. The van der Waals surface area contributed by atoms with Gasteiger partial charge in [0.15, 0.2) is 0 Å². The van der Waals surface area contributed by atoms with Gasteiger partial charge in [-0.05, 0) is 36.2 Å². The van der Waals surface area contributed by atoms with E-state index in [1.807, 2.05) is 0 Å². The van der Waals surface area contributed by atoms with Crippen LogP contribution in [0.15, 0.2) is 47.2 Å². The van der Waals surface area contributed by atoms with Crippen LogP contribution in [-0.2, 0) is 11.3 Å². The molecule has 4 rings (SSSR count). The number of carbonyl (C=O) groups excluding carboxylic acids is 1. The van der Waals surface area contributed by atoms with Crippen molar-refractivity contribution in [3.05, 3.63) is 65.8 Å². The molecular weight excluding hydrogens is 342 g/mol. The maximum atomic E-state index is 13.4. The molecule has 1 saturated heterocycles. The summed E-state index contributed by atoms with van der Waals surface area (Å²) in [7, 11) is 0. The van der Waals surface area contributed by atoms with Gasteiger partial charge in [0.05, 0.1) is 0 Å². The molecule has 1 fully saturated rings. The van der Waals surface area contributed by atoms with Crippen LogP contribution in [0.2, 0.25) is 0 Å². The van der Waals surface area contributed by atoms with Crippen molar-refractivity contribution in [2.75, 3.05) is 0 Å². The highest BCUT2D eigenvalue weighted by Gasteiger charge is 2.36. The molecule has 0 spiro atoms. The number of pyridine rings is 1. The monoisotopic (exact) mass is 356 g/mol. The maximum absolute atomic E-state index is 13.4. The highest BCUT2D eigenvalue weighted by molar-refractivity contribution is 5.78. The summed E-state index contributed by atoms with van der Waals surface area (Å²) in [5, 5.41) is 3.94. The second-order valence-electron chi connectivity index (χ2n) is 6.05. The zero-order chi connectivity index (χ0) is 18.1. The van der Waals surface area contributed by atoms with Gasteiger partial charge in [-0.25, -0.2) is 8.78 Å². The Balaban J connectivity index is 1.59. The molecule has 3 heterocycles. The molecule has 1 amide bonds. The molecule has 0 bridgehead atoms. The van der Waals surface area contributed by atoms with Gasteiger partial charge >= 0.3 is 0 Å². The molecule has 3 aromatic rings. The van der Waals surface area contributed by atoms with E-state index in [2.05, 4.69) is 15.1 Å². The van der Waals surface area contributed by atoms with Gasteiger partial charge in [0.25, 0.3) is 0 Å². The van der Waals surface area contributed by atoms with Crippen molar-refractivity contribution in [3.8, 4) is 11.4 Å². The first-order valence-corrected chi connectivity index (χ1v) is 8.08. The Bertz CT molecular complexity index is 925. The summed E-state index contributed by atoms with van der Waals surface area (Å²) in [6, 6.07) is 6.35. The highest BCUT2D eigenvalue weighted by atomic mass is 19.1. The normalized spacial score (nSPS) is 17.1. The van der Waals surface area contributed by atoms with Crippen molar-refractivity contribution >= 4 is 5.91 Å². The van der Waals surface area contributed by atoms with E-state index in [0.717, 1.165) is 6.07 Å². The average molecular weight is 356 g/mol. The SMILES string of the molecule is O=C1CCC(c2nc(-c3cccnc3)no2)N1Cc1cc(F)cc(F)c1. The predicted octanol–water partition coefficient (Wildman–Crippen LogP) is 3.27. The number of nitrogens with zero attached hydrogens (tertiary/aromatic N) is 4.